The summed E-state index contributed by atoms with van der Waals surface area (Å²) in [4.78, 5) is 0.207. The largest absolute Gasteiger partial charge is 0.507 e. The molecule has 0 saturated carbocycles. The van der Waals surface area contributed by atoms with Crippen LogP contribution in [0.2, 0.25) is 0 Å². The Kier molecular flexibility index (Phi) is 3.07. The topological polar surface area (TPSA) is 54.4 Å². The zero-order valence-electron chi connectivity index (χ0n) is 10.4. The fourth-order valence-electron chi connectivity index (χ4n) is 1.89. The zero-order chi connectivity index (χ0) is 13.4. The van der Waals surface area contributed by atoms with Gasteiger partial charge in [-0.1, -0.05) is 38.1 Å². The molecule has 0 aliphatic heterocycles. The quantitative estimate of drug-likeness (QED) is 0.892. The number of rotatable bonds is 2. The van der Waals surface area contributed by atoms with Gasteiger partial charge < -0.3 is 5.11 Å². The molecule has 0 heterocycles. The van der Waals surface area contributed by atoms with E-state index >= 15 is 0 Å². The van der Waals surface area contributed by atoms with Gasteiger partial charge in [0, 0.05) is 0 Å². The first-order chi connectivity index (χ1) is 8.33. The van der Waals surface area contributed by atoms with Crippen LogP contribution in [0.5, 0.6) is 0 Å². The van der Waals surface area contributed by atoms with Crippen molar-refractivity contribution in [3.8, 4) is 0 Å². The lowest BCUT2D eigenvalue weighted by atomic mass is 9.86. The summed E-state index contributed by atoms with van der Waals surface area (Å²) >= 11 is 0. The lowest BCUT2D eigenvalue weighted by Crippen LogP contribution is -2.17. The van der Waals surface area contributed by atoms with Crippen LogP contribution in [0.15, 0.2) is 58.0 Å². The van der Waals surface area contributed by atoms with Crippen LogP contribution in [-0.4, -0.2) is 13.5 Å². The number of aliphatic hydroxyl groups excluding tert-OH is 1. The highest BCUT2D eigenvalue weighted by Gasteiger charge is 2.30. The fourth-order valence-corrected chi connectivity index (χ4v) is 3.49. The molecule has 0 spiro atoms. The van der Waals surface area contributed by atoms with E-state index in [2.05, 4.69) is 0 Å². The van der Waals surface area contributed by atoms with Crippen LogP contribution in [-0.2, 0) is 9.84 Å². The smallest absolute Gasteiger partial charge is 0.209 e. The fraction of sp³-hybridized carbons (Fsp3) is 0.286. The molecular weight excluding hydrogens is 248 g/mol. The predicted molar refractivity (Wildman–Crippen MR) is 70.8 cm³/mol. The van der Waals surface area contributed by atoms with Gasteiger partial charge in [0.15, 0.2) is 0 Å². The summed E-state index contributed by atoms with van der Waals surface area (Å²) in [5.41, 5.74) is -0.261. The molecule has 0 aromatic heterocycles. The summed E-state index contributed by atoms with van der Waals surface area (Å²) in [5, 5.41) is 9.81. The van der Waals surface area contributed by atoms with Gasteiger partial charge in [-0.05, 0) is 30.0 Å². The van der Waals surface area contributed by atoms with Crippen LogP contribution in [0.1, 0.15) is 20.3 Å². The Labute approximate surface area is 107 Å². The van der Waals surface area contributed by atoms with E-state index in [9.17, 15) is 13.5 Å². The second-order valence-electron chi connectivity index (χ2n) is 5.11. The van der Waals surface area contributed by atoms with Gasteiger partial charge in [0.2, 0.25) is 9.84 Å². The van der Waals surface area contributed by atoms with Crippen molar-refractivity contribution in [2.45, 2.75) is 25.2 Å². The predicted octanol–water partition coefficient (Wildman–Crippen LogP) is 3.22. The van der Waals surface area contributed by atoms with Gasteiger partial charge in [-0.15, -0.1) is 0 Å². The molecule has 0 unspecified atom stereocenters. The first kappa shape index (κ1) is 12.9. The summed E-state index contributed by atoms with van der Waals surface area (Å²) < 4.78 is 24.8. The molecule has 0 atom stereocenters. The van der Waals surface area contributed by atoms with Gasteiger partial charge in [0.05, 0.1) is 4.90 Å². The minimum absolute atomic E-state index is 0.00458. The first-order valence-corrected chi connectivity index (χ1v) is 7.24. The van der Waals surface area contributed by atoms with Gasteiger partial charge in [-0.3, -0.25) is 0 Å². The number of hydrogen-bond acceptors (Lipinski definition) is 3. The number of sulfone groups is 1. The van der Waals surface area contributed by atoms with E-state index in [1.165, 1.54) is 12.1 Å². The highest BCUT2D eigenvalue weighted by Crippen LogP contribution is 2.36. The summed E-state index contributed by atoms with van der Waals surface area (Å²) in [7, 11) is -3.64. The number of allylic oxidation sites excluding steroid dienone is 2. The standard InChI is InChI=1S/C14H16O3S/c1-14(2)9-8-12(15)13(10-14)18(16,17)11-6-4-3-5-7-11/h3-8,10,15H,9H2,1-2H3. The summed E-state index contributed by atoms with van der Waals surface area (Å²) in [5.74, 6) is -0.154. The molecule has 18 heavy (non-hydrogen) atoms. The minimum Gasteiger partial charge on any atom is -0.507 e. The maximum Gasteiger partial charge on any atom is 0.209 e. The van der Waals surface area contributed by atoms with Gasteiger partial charge in [0.25, 0.3) is 0 Å². The Bertz CT molecular complexity index is 608. The molecule has 1 aliphatic rings. The van der Waals surface area contributed by atoms with E-state index in [0.717, 1.165) is 0 Å². The molecule has 0 saturated heterocycles. The Morgan fingerprint density at radius 2 is 1.78 bits per heavy atom. The second-order valence-corrected chi connectivity index (χ2v) is 7.03. The van der Waals surface area contributed by atoms with Crippen LogP contribution in [0, 0.1) is 5.41 Å². The molecule has 0 bridgehead atoms. The molecule has 1 aromatic carbocycles. The van der Waals surface area contributed by atoms with E-state index in [1.54, 1.807) is 30.4 Å². The SMILES string of the molecule is CC1(C)C=C(S(=O)(=O)c2ccccc2)C(O)=CC1. The molecule has 4 heteroatoms. The Morgan fingerprint density at radius 3 is 2.39 bits per heavy atom. The molecule has 96 valence electrons. The molecule has 1 aromatic rings. The molecule has 1 N–H and O–H groups in total. The van der Waals surface area contributed by atoms with Crippen molar-refractivity contribution in [3.05, 3.63) is 53.1 Å². The van der Waals surface area contributed by atoms with Gasteiger partial charge >= 0.3 is 0 Å². The molecule has 1 aliphatic carbocycles. The third kappa shape index (κ3) is 2.34. The highest BCUT2D eigenvalue weighted by molar-refractivity contribution is 7.95. The van der Waals surface area contributed by atoms with E-state index in [4.69, 9.17) is 0 Å². The Morgan fingerprint density at radius 1 is 1.17 bits per heavy atom. The van der Waals surface area contributed by atoms with Crippen molar-refractivity contribution in [3.63, 3.8) is 0 Å². The molecule has 2 rings (SSSR count). The van der Waals surface area contributed by atoms with Crippen LogP contribution in [0.3, 0.4) is 0 Å². The van der Waals surface area contributed by atoms with Crippen molar-refractivity contribution in [2.24, 2.45) is 5.41 Å². The zero-order valence-corrected chi connectivity index (χ0v) is 11.2. The van der Waals surface area contributed by atoms with Crippen LogP contribution >= 0.6 is 0 Å². The van der Waals surface area contributed by atoms with Crippen molar-refractivity contribution in [1.82, 2.24) is 0 Å². The number of hydrogen-bond donors (Lipinski definition) is 1. The molecular formula is C14H16O3S. The summed E-state index contributed by atoms with van der Waals surface area (Å²) in [6.45, 7) is 3.88. The second kappa shape index (κ2) is 4.28. The normalized spacial score (nSPS) is 19.0. The van der Waals surface area contributed by atoms with E-state index < -0.39 is 9.84 Å². The molecule has 0 radical (unpaired) electrons. The van der Waals surface area contributed by atoms with Crippen molar-refractivity contribution < 1.29 is 13.5 Å². The average molecular weight is 264 g/mol. The number of aliphatic hydroxyl groups is 1. The van der Waals surface area contributed by atoms with Gasteiger partial charge in [-0.25, -0.2) is 8.42 Å². The molecule has 0 fully saturated rings. The van der Waals surface area contributed by atoms with Gasteiger partial charge in [-0.2, -0.15) is 0 Å². The maximum absolute atomic E-state index is 12.4. The van der Waals surface area contributed by atoms with Crippen molar-refractivity contribution in [2.75, 3.05) is 0 Å². The third-order valence-corrected chi connectivity index (χ3v) is 4.74. The highest BCUT2D eigenvalue weighted by atomic mass is 32.2. The Hall–Kier alpha value is -1.55. The minimum atomic E-state index is -3.64. The summed E-state index contributed by atoms with van der Waals surface area (Å²) in [6.07, 6.45) is 3.83. The lowest BCUT2D eigenvalue weighted by Gasteiger charge is -2.24. The third-order valence-electron chi connectivity index (χ3n) is 2.94. The van der Waals surface area contributed by atoms with Crippen molar-refractivity contribution in [1.29, 1.82) is 0 Å². The maximum atomic E-state index is 12.4. The van der Waals surface area contributed by atoms with Crippen LogP contribution in [0.25, 0.3) is 0 Å². The summed E-state index contributed by atoms with van der Waals surface area (Å²) in [6, 6.07) is 8.16. The van der Waals surface area contributed by atoms with Crippen LogP contribution < -0.4 is 0 Å². The lowest BCUT2D eigenvalue weighted by molar-refractivity contribution is 0.395. The first-order valence-electron chi connectivity index (χ1n) is 5.75. The van der Waals surface area contributed by atoms with E-state index in [1.807, 2.05) is 13.8 Å². The Balaban J connectivity index is 2.55. The van der Waals surface area contributed by atoms with Crippen LogP contribution in [0.4, 0.5) is 0 Å². The molecule has 3 nitrogen and oxygen atoms in total. The van der Waals surface area contributed by atoms with Gasteiger partial charge in [0.1, 0.15) is 10.7 Å². The monoisotopic (exact) mass is 264 g/mol. The van der Waals surface area contributed by atoms with Crippen molar-refractivity contribution >= 4 is 9.84 Å². The van der Waals surface area contributed by atoms with E-state index in [0.29, 0.717) is 6.42 Å². The average Bonchev–Trinajstić information content (AvgIpc) is 2.33. The number of benzene rings is 1. The molecule has 0 amide bonds. The van der Waals surface area contributed by atoms with E-state index in [-0.39, 0.29) is 21.0 Å².